The molecule has 0 saturated carbocycles. The van der Waals surface area contributed by atoms with Crippen molar-refractivity contribution >= 4 is 29.7 Å². The minimum atomic E-state index is 0. The maximum absolute atomic E-state index is 6.53. The lowest BCUT2D eigenvalue weighted by molar-refractivity contribution is 0.881. The van der Waals surface area contributed by atoms with E-state index in [9.17, 15) is 0 Å². The third-order valence-corrected chi connectivity index (χ3v) is 5.47. The predicted octanol–water partition coefficient (Wildman–Crippen LogP) is 5.74. The molecule has 0 amide bonds. The van der Waals surface area contributed by atoms with Gasteiger partial charge in [0, 0.05) is 17.8 Å². The molecule has 8 heteroatoms. The number of nitrogens with zero attached hydrogens (tertiary/aromatic N) is 4. The van der Waals surface area contributed by atoms with Crippen LogP contribution in [0.1, 0.15) is 30.8 Å². The first-order chi connectivity index (χ1) is 14.7. The van der Waals surface area contributed by atoms with Crippen LogP contribution in [0.3, 0.4) is 0 Å². The zero-order valence-electron chi connectivity index (χ0n) is 17.4. The van der Waals surface area contributed by atoms with Crippen molar-refractivity contribution in [3.63, 3.8) is 0 Å². The van der Waals surface area contributed by atoms with Gasteiger partial charge in [0.05, 0.1) is 16.4 Å². The lowest BCUT2D eigenvalue weighted by Gasteiger charge is -2.13. The van der Waals surface area contributed by atoms with Gasteiger partial charge in [0.1, 0.15) is 0 Å². The quantitative estimate of drug-likeness (QED) is 0.372. The Morgan fingerprint density at radius 1 is 0.968 bits per heavy atom. The van der Waals surface area contributed by atoms with Gasteiger partial charge < -0.3 is 5.32 Å². The van der Waals surface area contributed by atoms with Crippen molar-refractivity contribution in [2.24, 2.45) is 0 Å². The van der Waals surface area contributed by atoms with Gasteiger partial charge in [0.25, 0.3) is 0 Å². The molecule has 2 N–H and O–H groups in total. The number of halogens is 2. The molecule has 160 valence electrons. The average Bonchev–Trinajstić information content (AvgIpc) is 3.33. The fourth-order valence-electron chi connectivity index (χ4n) is 3.40. The molecule has 0 spiro atoms. The number of hydrogen-bond donors (Lipinski definition) is 2. The molecule has 0 bridgehead atoms. The first-order valence-electron chi connectivity index (χ1n) is 10.0. The number of H-pyrrole nitrogens is 1. The van der Waals surface area contributed by atoms with Crippen LogP contribution in [0.2, 0.25) is 5.02 Å². The Labute approximate surface area is 192 Å². The summed E-state index contributed by atoms with van der Waals surface area (Å²) < 4.78 is 0. The maximum Gasteiger partial charge on any atom is 0.180 e. The first kappa shape index (κ1) is 22.7. The van der Waals surface area contributed by atoms with Gasteiger partial charge in [-0.15, -0.1) is 17.5 Å². The zero-order valence-corrected chi connectivity index (χ0v) is 19.0. The van der Waals surface area contributed by atoms with Gasteiger partial charge in [0.15, 0.2) is 5.82 Å². The molecule has 31 heavy (non-hydrogen) atoms. The van der Waals surface area contributed by atoms with Crippen molar-refractivity contribution in [1.82, 2.24) is 25.6 Å². The summed E-state index contributed by atoms with van der Waals surface area (Å²) >= 11 is 6.53. The molecule has 0 aliphatic heterocycles. The molecule has 0 saturated heterocycles. The second-order valence-electron chi connectivity index (χ2n) is 6.97. The van der Waals surface area contributed by atoms with Gasteiger partial charge in [-0.1, -0.05) is 74.0 Å². The van der Waals surface area contributed by atoms with E-state index in [2.05, 4.69) is 75.1 Å². The van der Waals surface area contributed by atoms with E-state index in [1.54, 1.807) is 0 Å². The average molecular weight is 455 g/mol. The number of tetrazole rings is 1. The van der Waals surface area contributed by atoms with E-state index in [4.69, 9.17) is 11.6 Å². The van der Waals surface area contributed by atoms with Gasteiger partial charge in [-0.05, 0) is 46.0 Å². The molecule has 0 unspecified atom stereocenters. The van der Waals surface area contributed by atoms with Crippen LogP contribution >= 0.6 is 24.0 Å². The van der Waals surface area contributed by atoms with Crippen LogP contribution in [0.5, 0.6) is 0 Å². The molecule has 4 aromatic rings. The number of rotatable bonds is 7. The highest BCUT2D eigenvalue weighted by Crippen LogP contribution is 2.30. The van der Waals surface area contributed by atoms with E-state index in [0.29, 0.717) is 17.4 Å². The van der Waals surface area contributed by atoms with E-state index in [1.807, 2.05) is 24.3 Å². The zero-order chi connectivity index (χ0) is 20.9. The molecular formula is C23H24Cl2N6. The second kappa shape index (κ2) is 10.4. The molecule has 0 fully saturated rings. The Kier molecular flexibility index (Phi) is 7.60. The minimum absolute atomic E-state index is 0. The number of hydrogen-bond acceptors (Lipinski definition) is 5. The number of nitrogens with one attached hydrogen (secondary N) is 2. The molecule has 0 aliphatic carbocycles. The van der Waals surface area contributed by atoms with E-state index in [1.165, 1.54) is 5.56 Å². The van der Waals surface area contributed by atoms with E-state index in [0.717, 1.165) is 46.6 Å². The number of aryl methyl sites for hydroxylation is 2. The van der Waals surface area contributed by atoms with Gasteiger partial charge in [-0.3, -0.25) is 4.98 Å². The number of pyridine rings is 1. The van der Waals surface area contributed by atoms with Gasteiger partial charge in [0.2, 0.25) is 0 Å². The standard InChI is InChI=1S/C23H23ClN6.ClH/c1-3-17-13-21(22(24)20(4-2)26-17)25-14-15-9-11-16(12-10-15)18-7-5-6-8-19(18)23-27-29-30-28-23;/h5-13H,3-4,14H2,1-2H3,(H,25,26)(H,27,28,29,30);1H. The van der Waals surface area contributed by atoms with Crippen LogP contribution in [0.25, 0.3) is 22.5 Å². The Morgan fingerprint density at radius 2 is 1.71 bits per heavy atom. The van der Waals surface area contributed by atoms with Crippen LogP contribution in [-0.2, 0) is 19.4 Å². The number of anilines is 1. The lowest BCUT2D eigenvalue weighted by atomic mass is 9.98. The number of benzene rings is 2. The highest BCUT2D eigenvalue weighted by molar-refractivity contribution is 6.33. The van der Waals surface area contributed by atoms with Gasteiger partial charge in [-0.25, -0.2) is 5.10 Å². The Hall–Kier alpha value is -2.96. The van der Waals surface area contributed by atoms with Gasteiger partial charge >= 0.3 is 0 Å². The summed E-state index contributed by atoms with van der Waals surface area (Å²) in [4.78, 5) is 4.61. The maximum atomic E-state index is 6.53. The summed E-state index contributed by atoms with van der Waals surface area (Å²) in [5.74, 6) is 0.655. The highest BCUT2D eigenvalue weighted by atomic mass is 35.5. The van der Waals surface area contributed by atoms with Crippen LogP contribution in [0.4, 0.5) is 5.69 Å². The largest absolute Gasteiger partial charge is 0.380 e. The smallest absolute Gasteiger partial charge is 0.180 e. The molecule has 0 radical (unpaired) electrons. The Morgan fingerprint density at radius 3 is 2.35 bits per heavy atom. The SMILES string of the molecule is CCc1cc(NCc2ccc(-c3ccccc3-c3nnn[nH]3)cc2)c(Cl)c(CC)n1.Cl. The van der Waals surface area contributed by atoms with Crippen molar-refractivity contribution in [2.75, 3.05) is 5.32 Å². The van der Waals surface area contributed by atoms with Crippen molar-refractivity contribution in [1.29, 1.82) is 0 Å². The Bertz CT molecular complexity index is 1130. The topological polar surface area (TPSA) is 79.4 Å². The van der Waals surface area contributed by atoms with E-state index >= 15 is 0 Å². The van der Waals surface area contributed by atoms with Crippen molar-refractivity contribution in [3.05, 3.63) is 76.6 Å². The van der Waals surface area contributed by atoms with Gasteiger partial charge in [-0.2, -0.15) is 0 Å². The molecular weight excluding hydrogens is 431 g/mol. The summed E-state index contributed by atoms with van der Waals surface area (Å²) in [7, 11) is 0. The molecule has 0 aliphatic rings. The number of aromatic amines is 1. The van der Waals surface area contributed by atoms with Crippen LogP contribution in [0.15, 0.2) is 54.6 Å². The highest BCUT2D eigenvalue weighted by Gasteiger charge is 2.11. The molecule has 4 rings (SSSR count). The summed E-state index contributed by atoms with van der Waals surface area (Å²) in [6, 6.07) is 18.6. The fraction of sp³-hybridized carbons (Fsp3) is 0.217. The number of aromatic nitrogens is 5. The molecule has 2 heterocycles. The molecule has 2 aromatic carbocycles. The summed E-state index contributed by atoms with van der Waals surface area (Å²) in [5.41, 5.74) is 7.24. The van der Waals surface area contributed by atoms with Crippen molar-refractivity contribution < 1.29 is 0 Å². The summed E-state index contributed by atoms with van der Waals surface area (Å²) in [6.45, 7) is 4.86. The summed E-state index contributed by atoms with van der Waals surface area (Å²) in [6.07, 6.45) is 1.70. The third-order valence-electron chi connectivity index (χ3n) is 5.05. The normalized spacial score (nSPS) is 10.5. The van der Waals surface area contributed by atoms with Crippen LogP contribution in [0, 0.1) is 0 Å². The fourth-order valence-corrected chi connectivity index (χ4v) is 3.70. The Balaban J connectivity index is 0.00000272. The first-order valence-corrected chi connectivity index (χ1v) is 10.4. The molecule has 6 nitrogen and oxygen atoms in total. The van der Waals surface area contributed by atoms with Crippen LogP contribution < -0.4 is 5.32 Å². The second-order valence-corrected chi connectivity index (χ2v) is 7.35. The van der Waals surface area contributed by atoms with Crippen molar-refractivity contribution in [3.8, 4) is 22.5 Å². The van der Waals surface area contributed by atoms with E-state index in [-0.39, 0.29) is 12.4 Å². The van der Waals surface area contributed by atoms with Crippen molar-refractivity contribution in [2.45, 2.75) is 33.2 Å². The monoisotopic (exact) mass is 454 g/mol. The van der Waals surface area contributed by atoms with Crippen LogP contribution in [-0.4, -0.2) is 25.6 Å². The minimum Gasteiger partial charge on any atom is -0.380 e. The molecule has 2 aromatic heterocycles. The predicted molar refractivity (Wildman–Crippen MR) is 128 cm³/mol. The lowest BCUT2D eigenvalue weighted by Crippen LogP contribution is -2.04. The summed E-state index contributed by atoms with van der Waals surface area (Å²) in [5, 5.41) is 18.4. The van der Waals surface area contributed by atoms with E-state index < -0.39 is 0 Å². The third kappa shape index (κ3) is 5.03. The molecule has 0 atom stereocenters.